The predicted octanol–water partition coefficient (Wildman–Crippen LogP) is 8.88. The highest BCUT2D eigenvalue weighted by atomic mass is 32.2. The van der Waals surface area contributed by atoms with Crippen LogP contribution in [0.15, 0.2) is 0 Å². The van der Waals surface area contributed by atoms with Crippen molar-refractivity contribution in [3.05, 3.63) is 0 Å². The van der Waals surface area contributed by atoms with Crippen molar-refractivity contribution >= 4 is 23.5 Å². The second-order valence-electron chi connectivity index (χ2n) is 8.41. The van der Waals surface area contributed by atoms with E-state index in [9.17, 15) is 5.11 Å². The predicted molar refractivity (Wildman–Crippen MR) is 135 cm³/mol. The van der Waals surface area contributed by atoms with Gasteiger partial charge in [0, 0.05) is 11.0 Å². The lowest BCUT2D eigenvalue weighted by Gasteiger charge is -2.13. The zero-order valence-electron chi connectivity index (χ0n) is 19.4. The molecule has 28 heavy (non-hydrogen) atoms. The third kappa shape index (κ3) is 22.9. The van der Waals surface area contributed by atoms with Gasteiger partial charge in [-0.25, -0.2) is 0 Å². The molecule has 170 valence electrons. The van der Waals surface area contributed by atoms with E-state index in [2.05, 4.69) is 25.6 Å². The highest BCUT2D eigenvalue weighted by molar-refractivity contribution is 8.03. The maximum atomic E-state index is 9.60. The highest BCUT2D eigenvalue weighted by Gasteiger charge is 2.07. The SMILES string of the molecule is CCCCCCCCCCCSCC(CO)SCCCCCCCCCCC. The van der Waals surface area contributed by atoms with Gasteiger partial charge in [0.15, 0.2) is 0 Å². The first-order valence-corrected chi connectivity index (χ1v) is 14.9. The van der Waals surface area contributed by atoms with Crippen LogP contribution in [0.2, 0.25) is 0 Å². The van der Waals surface area contributed by atoms with E-state index in [0.29, 0.717) is 11.9 Å². The molecule has 0 aliphatic heterocycles. The van der Waals surface area contributed by atoms with Crippen molar-refractivity contribution < 1.29 is 5.11 Å². The topological polar surface area (TPSA) is 20.2 Å². The van der Waals surface area contributed by atoms with Crippen LogP contribution in [0.25, 0.3) is 0 Å². The molecule has 0 spiro atoms. The van der Waals surface area contributed by atoms with Gasteiger partial charge in [-0.3, -0.25) is 0 Å². The lowest BCUT2D eigenvalue weighted by molar-refractivity contribution is 0.301. The minimum Gasteiger partial charge on any atom is -0.395 e. The molecule has 1 nitrogen and oxygen atoms in total. The molecule has 0 aromatic rings. The van der Waals surface area contributed by atoms with E-state index in [4.69, 9.17) is 0 Å². The Balaban J connectivity index is 3.27. The maximum absolute atomic E-state index is 9.60. The molecule has 1 unspecified atom stereocenters. The molecule has 1 N–H and O–H groups in total. The Morgan fingerprint density at radius 1 is 0.536 bits per heavy atom. The van der Waals surface area contributed by atoms with Gasteiger partial charge in [0.25, 0.3) is 0 Å². The number of rotatable bonds is 24. The minimum atomic E-state index is 0.354. The van der Waals surface area contributed by atoms with E-state index in [1.807, 2.05) is 11.8 Å². The Bertz CT molecular complexity index is 273. The number of aliphatic hydroxyl groups excluding tert-OH is 1. The molecule has 0 aromatic heterocycles. The Kier molecular flexibility index (Phi) is 26.3. The van der Waals surface area contributed by atoms with Crippen molar-refractivity contribution in [2.75, 3.05) is 23.9 Å². The summed E-state index contributed by atoms with van der Waals surface area (Å²) in [4.78, 5) is 0. The van der Waals surface area contributed by atoms with Gasteiger partial charge in [-0.15, -0.1) is 0 Å². The van der Waals surface area contributed by atoms with Crippen LogP contribution in [0.5, 0.6) is 0 Å². The highest BCUT2D eigenvalue weighted by Crippen LogP contribution is 2.20. The largest absolute Gasteiger partial charge is 0.395 e. The van der Waals surface area contributed by atoms with E-state index < -0.39 is 0 Å². The molecular formula is C25H52OS2. The van der Waals surface area contributed by atoms with E-state index in [1.54, 1.807) is 0 Å². The van der Waals surface area contributed by atoms with Gasteiger partial charge in [-0.05, 0) is 24.3 Å². The molecule has 0 aromatic carbocycles. The first-order chi connectivity index (χ1) is 13.8. The number of aliphatic hydroxyl groups is 1. The molecule has 0 heterocycles. The lowest BCUT2D eigenvalue weighted by Crippen LogP contribution is -2.13. The van der Waals surface area contributed by atoms with E-state index in [0.717, 1.165) is 5.75 Å². The molecule has 0 amide bonds. The lowest BCUT2D eigenvalue weighted by atomic mass is 10.1. The molecule has 3 heteroatoms. The molecule has 0 radical (unpaired) electrons. The number of unbranched alkanes of at least 4 members (excludes halogenated alkanes) is 16. The summed E-state index contributed by atoms with van der Waals surface area (Å²) in [7, 11) is 0. The van der Waals surface area contributed by atoms with Crippen molar-refractivity contribution in [3.8, 4) is 0 Å². The zero-order valence-corrected chi connectivity index (χ0v) is 21.0. The number of hydrogen-bond acceptors (Lipinski definition) is 3. The zero-order chi connectivity index (χ0) is 20.5. The Morgan fingerprint density at radius 3 is 1.36 bits per heavy atom. The summed E-state index contributed by atoms with van der Waals surface area (Å²) in [6.45, 7) is 4.93. The van der Waals surface area contributed by atoms with Gasteiger partial charge in [0.05, 0.1) is 6.61 Å². The molecule has 0 aliphatic rings. The smallest absolute Gasteiger partial charge is 0.0558 e. The fourth-order valence-corrected chi connectivity index (χ4v) is 5.97. The van der Waals surface area contributed by atoms with Crippen molar-refractivity contribution in [1.82, 2.24) is 0 Å². The molecular weight excluding hydrogens is 380 g/mol. The quantitative estimate of drug-likeness (QED) is 0.154. The summed E-state index contributed by atoms with van der Waals surface area (Å²) >= 11 is 4.07. The van der Waals surface area contributed by atoms with Gasteiger partial charge < -0.3 is 5.11 Å². The number of hydrogen-bond donors (Lipinski definition) is 1. The van der Waals surface area contributed by atoms with Crippen LogP contribution in [0.1, 0.15) is 129 Å². The normalized spacial score (nSPS) is 12.5. The fraction of sp³-hybridized carbons (Fsp3) is 1.00. The van der Waals surface area contributed by atoms with Gasteiger partial charge in [-0.1, -0.05) is 117 Å². The van der Waals surface area contributed by atoms with Crippen LogP contribution in [0.3, 0.4) is 0 Å². The fourth-order valence-electron chi connectivity index (χ4n) is 3.55. The molecule has 0 aliphatic carbocycles. The van der Waals surface area contributed by atoms with Crippen LogP contribution in [0, 0.1) is 0 Å². The molecule has 0 saturated heterocycles. The van der Waals surface area contributed by atoms with Crippen molar-refractivity contribution in [2.45, 2.75) is 135 Å². The van der Waals surface area contributed by atoms with Crippen LogP contribution < -0.4 is 0 Å². The Morgan fingerprint density at radius 2 is 0.929 bits per heavy atom. The maximum Gasteiger partial charge on any atom is 0.0558 e. The molecule has 0 fully saturated rings. The third-order valence-corrected chi connectivity index (χ3v) is 8.24. The molecule has 1 atom stereocenters. The van der Waals surface area contributed by atoms with Gasteiger partial charge in [0.1, 0.15) is 0 Å². The summed E-state index contributed by atoms with van der Waals surface area (Å²) in [5.74, 6) is 3.65. The summed E-state index contributed by atoms with van der Waals surface area (Å²) in [5, 5.41) is 10.1. The minimum absolute atomic E-state index is 0.354. The summed E-state index contributed by atoms with van der Waals surface area (Å²) < 4.78 is 0. The van der Waals surface area contributed by atoms with Crippen LogP contribution in [-0.2, 0) is 0 Å². The summed E-state index contributed by atoms with van der Waals surface area (Å²) in [6.07, 6.45) is 25.3. The Hall–Kier alpha value is 0.660. The van der Waals surface area contributed by atoms with E-state index in [-0.39, 0.29) is 0 Å². The van der Waals surface area contributed by atoms with Gasteiger partial charge >= 0.3 is 0 Å². The standard InChI is InChI=1S/C25H52OS2/c1-3-5-7-9-11-13-15-17-19-21-27-24-25(23-26)28-22-20-18-16-14-12-10-8-6-4-2/h25-26H,3-24H2,1-2H3. The molecule has 0 bridgehead atoms. The first kappa shape index (κ1) is 28.7. The van der Waals surface area contributed by atoms with Gasteiger partial charge in [0.2, 0.25) is 0 Å². The van der Waals surface area contributed by atoms with Crippen molar-refractivity contribution in [1.29, 1.82) is 0 Å². The molecule has 0 rings (SSSR count). The summed E-state index contributed by atoms with van der Waals surface area (Å²) in [6, 6.07) is 0. The van der Waals surface area contributed by atoms with E-state index in [1.165, 1.54) is 127 Å². The van der Waals surface area contributed by atoms with Gasteiger partial charge in [-0.2, -0.15) is 23.5 Å². The van der Waals surface area contributed by atoms with Crippen LogP contribution >= 0.6 is 23.5 Å². The average molecular weight is 433 g/mol. The Labute approximate surface area is 187 Å². The summed E-state index contributed by atoms with van der Waals surface area (Å²) in [5.41, 5.74) is 0. The second-order valence-corrected chi connectivity index (χ2v) is 11.0. The monoisotopic (exact) mass is 432 g/mol. The third-order valence-electron chi connectivity index (χ3n) is 5.50. The van der Waals surface area contributed by atoms with E-state index >= 15 is 0 Å². The van der Waals surface area contributed by atoms with Crippen LogP contribution in [0.4, 0.5) is 0 Å². The first-order valence-electron chi connectivity index (χ1n) is 12.6. The molecule has 0 saturated carbocycles. The van der Waals surface area contributed by atoms with Crippen LogP contribution in [-0.4, -0.2) is 34.2 Å². The second kappa shape index (κ2) is 25.7. The average Bonchev–Trinajstić information content (AvgIpc) is 2.71. The van der Waals surface area contributed by atoms with Crippen molar-refractivity contribution in [2.24, 2.45) is 0 Å². The number of thioether (sulfide) groups is 2. The van der Waals surface area contributed by atoms with Crippen molar-refractivity contribution in [3.63, 3.8) is 0 Å².